The maximum atomic E-state index is 12.3. The lowest BCUT2D eigenvalue weighted by atomic mass is 10.2. The van der Waals surface area contributed by atoms with Crippen LogP contribution >= 0.6 is 0 Å². The van der Waals surface area contributed by atoms with Crippen molar-refractivity contribution < 1.29 is 19.1 Å². The van der Waals surface area contributed by atoms with Gasteiger partial charge in [0.25, 0.3) is 5.91 Å². The average molecular weight is 352 g/mol. The largest absolute Gasteiger partial charge is 0.479 e. The quantitative estimate of drug-likeness (QED) is 0.773. The summed E-state index contributed by atoms with van der Waals surface area (Å²) in [6.45, 7) is 3.28. The second-order valence-corrected chi connectivity index (χ2v) is 5.59. The molecule has 2 aromatic carbocycles. The van der Waals surface area contributed by atoms with Crippen LogP contribution in [0.4, 0.5) is 5.69 Å². The molecule has 0 saturated carbocycles. The minimum absolute atomic E-state index is 0.409. The fraction of sp³-hybridized carbons (Fsp3) is 0.250. The fourth-order valence-electron chi connectivity index (χ4n) is 2.18. The molecule has 0 aromatic heterocycles. The van der Waals surface area contributed by atoms with Crippen molar-refractivity contribution in [2.75, 3.05) is 5.32 Å². The fourth-order valence-corrected chi connectivity index (χ4v) is 2.18. The summed E-state index contributed by atoms with van der Waals surface area (Å²) in [6, 6.07) is 17.4. The van der Waals surface area contributed by atoms with Gasteiger partial charge in [0.05, 0.1) is 11.6 Å². The first-order valence-electron chi connectivity index (χ1n) is 8.26. The van der Waals surface area contributed by atoms with Gasteiger partial charge in [0.2, 0.25) is 0 Å². The van der Waals surface area contributed by atoms with Gasteiger partial charge in [0, 0.05) is 5.69 Å². The van der Waals surface area contributed by atoms with Crippen LogP contribution < -0.4 is 10.1 Å². The van der Waals surface area contributed by atoms with Gasteiger partial charge in [-0.25, -0.2) is 4.79 Å². The number of carbonyl (C=O) groups excluding carboxylic acids is 2. The first kappa shape index (κ1) is 19.0. The van der Waals surface area contributed by atoms with E-state index in [0.717, 1.165) is 0 Å². The van der Waals surface area contributed by atoms with Gasteiger partial charge in [-0.15, -0.1) is 0 Å². The SMILES string of the molecule is CC[C@@H](Oc1ccccc1)C(=O)O[C@@H](C)C(=O)Nc1cccc(C#N)c1. The first-order chi connectivity index (χ1) is 12.5. The molecule has 0 fully saturated rings. The third-order valence-corrected chi connectivity index (χ3v) is 3.58. The van der Waals surface area contributed by atoms with Gasteiger partial charge in [-0.2, -0.15) is 5.26 Å². The van der Waals surface area contributed by atoms with E-state index >= 15 is 0 Å². The van der Waals surface area contributed by atoms with E-state index in [4.69, 9.17) is 14.7 Å². The molecule has 0 spiro atoms. The van der Waals surface area contributed by atoms with Crippen LogP contribution in [0.2, 0.25) is 0 Å². The Morgan fingerprint density at radius 3 is 2.54 bits per heavy atom. The number of esters is 1. The van der Waals surface area contributed by atoms with Crippen molar-refractivity contribution in [3.8, 4) is 11.8 Å². The smallest absolute Gasteiger partial charge is 0.348 e. The molecule has 134 valence electrons. The third-order valence-electron chi connectivity index (χ3n) is 3.58. The number of nitriles is 1. The van der Waals surface area contributed by atoms with Gasteiger partial charge < -0.3 is 14.8 Å². The van der Waals surface area contributed by atoms with E-state index in [0.29, 0.717) is 23.4 Å². The summed E-state index contributed by atoms with van der Waals surface area (Å²) < 4.78 is 10.8. The van der Waals surface area contributed by atoms with Gasteiger partial charge in [0.15, 0.2) is 12.2 Å². The van der Waals surface area contributed by atoms with E-state index in [1.807, 2.05) is 12.1 Å². The predicted molar refractivity (Wildman–Crippen MR) is 96.5 cm³/mol. The lowest BCUT2D eigenvalue weighted by Crippen LogP contribution is -2.36. The van der Waals surface area contributed by atoms with Crippen molar-refractivity contribution in [3.05, 3.63) is 60.2 Å². The van der Waals surface area contributed by atoms with E-state index in [1.54, 1.807) is 55.5 Å². The summed E-state index contributed by atoms with van der Waals surface area (Å²) in [7, 11) is 0. The summed E-state index contributed by atoms with van der Waals surface area (Å²) in [5.74, 6) is -0.533. The summed E-state index contributed by atoms with van der Waals surface area (Å²) in [5, 5.41) is 11.5. The number of nitrogens with one attached hydrogen (secondary N) is 1. The Labute approximate surface area is 152 Å². The molecule has 6 heteroatoms. The second kappa shape index (κ2) is 9.23. The van der Waals surface area contributed by atoms with Crippen LogP contribution in [0.25, 0.3) is 0 Å². The van der Waals surface area contributed by atoms with E-state index < -0.39 is 24.1 Å². The molecular formula is C20H20N2O4. The normalized spacial score (nSPS) is 12.3. The highest BCUT2D eigenvalue weighted by atomic mass is 16.6. The minimum atomic E-state index is -0.998. The summed E-state index contributed by atoms with van der Waals surface area (Å²) in [4.78, 5) is 24.5. The number of carbonyl (C=O) groups is 2. The van der Waals surface area contributed by atoms with Crippen molar-refractivity contribution in [2.45, 2.75) is 32.5 Å². The first-order valence-corrected chi connectivity index (χ1v) is 8.26. The van der Waals surface area contributed by atoms with Crippen LogP contribution in [0.5, 0.6) is 5.75 Å². The zero-order valence-electron chi connectivity index (χ0n) is 14.6. The molecule has 0 radical (unpaired) electrons. The summed E-state index contributed by atoms with van der Waals surface area (Å²) in [6.07, 6.45) is -1.39. The Morgan fingerprint density at radius 1 is 1.15 bits per heavy atom. The zero-order valence-corrected chi connectivity index (χ0v) is 14.6. The van der Waals surface area contributed by atoms with E-state index in [9.17, 15) is 9.59 Å². The van der Waals surface area contributed by atoms with Crippen LogP contribution in [0.3, 0.4) is 0 Å². The van der Waals surface area contributed by atoms with Gasteiger partial charge in [-0.05, 0) is 43.7 Å². The number of hydrogen-bond donors (Lipinski definition) is 1. The van der Waals surface area contributed by atoms with Gasteiger partial charge in [0.1, 0.15) is 5.75 Å². The van der Waals surface area contributed by atoms with Crippen molar-refractivity contribution in [1.82, 2.24) is 0 Å². The number of hydrogen-bond acceptors (Lipinski definition) is 5. The molecule has 0 aliphatic heterocycles. The Morgan fingerprint density at radius 2 is 1.88 bits per heavy atom. The number of amides is 1. The Kier molecular flexibility index (Phi) is 6.75. The minimum Gasteiger partial charge on any atom is -0.479 e. The van der Waals surface area contributed by atoms with Crippen LogP contribution in [0.1, 0.15) is 25.8 Å². The molecule has 0 heterocycles. The average Bonchev–Trinajstić information content (AvgIpc) is 2.66. The lowest BCUT2D eigenvalue weighted by Gasteiger charge is -2.19. The molecular weight excluding hydrogens is 332 g/mol. The van der Waals surface area contributed by atoms with Gasteiger partial charge in [-0.1, -0.05) is 31.2 Å². The molecule has 0 aliphatic rings. The molecule has 2 aromatic rings. The highest BCUT2D eigenvalue weighted by Crippen LogP contribution is 2.15. The number of nitrogens with zero attached hydrogens (tertiary/aromatic N) is 1. The number of anilines is 1. The van der Waals surface area contributed by atoms with Gasteiger partial charge in [-0.3, -0.25) is 4.79 Å². The molecule has 0 aliphatic carbocycles. The van der Waals surface area contributed by atoms with E-state index in [2.05, 4.69) is 5.32 Å². The van der Waals surface area contributed by atoms with E-state index in [-0.39, 0.29) is 0 Å². The lowest BCUT2D eigenvalue weighted by molar-refractivity contribution is -0.160. The maximum absolute atomic E-state index is 12.3. The Bertz CT molecular complexity index is 799. The molecule has 1 N–H and O–H groups in total. The maximum Gasteiger partial charge on any atom is 0.348 e. The Balaban J connectivity index is 1.93. The number of benzene rings is 2. The third kappa shape index (κ3) is 5.35. The highest BCUT2D eigenvalue weighted by molar-refractivity contribution is 5.95. The summed E-state index contributed by atoms with van der Waals surface area (Å²) in [5.41, 5.74) is 0.888. The molecule has 1 amide bonds. The van der Waals surface area contributed by atoms with Crippen LogP contribution in [0, 0.1) is 11.3 Å². The monoisotopic (exact) mass is 352 g/mol. The van der Waals surface area contributed by atoms with Crippen LogP contribution in [0.15, 0.2) is 54.6 Å². The van der Waals surface area contributed by atoms with Crippen molar-refractivity contribution >= 4 is 17.6 Å². The molecule has 0 bridgehead atoms. The zero-order chi connectivity index (χ0) is 18.9. The van der Waals surface area contributed by atoms with Crippen molar-refractivity contribution in [1.29, 1.82) is 5.26 Å². The second-order valence-electron chi connectivity index (χ2n) is 5.59. The molecule has 0 unspecified atom stereocenters. The number of para-hydroxylation sites is 1. The molecule has 2 atom stereocenters. The predicted octanol–water partition coefficient (Wildman–Crippen LogP) is 3.29. The molecule has 26 heavy (non-hydrogen) atoms. The molecule has 0 saturated heterocycles. The molecule has 2 rings (SSSR count). The summed E-state index contributed by atoms with van der Waals surface area (Å²) >= 11 is 0. The van der Waals surface area contributed by atoms with Crippen molar-refractivity contribution in [3.63, 3.8) is 0 Å². The standard InChI is InChI=1S/C20H20N2O4/c1-3-18(26-17-10-5-4-6-11-17)20(24)25-14(2)19(23)22-16-9-7-8-15(12-16)13-21/h4-12,14,18H,3H2,1-2H3,(H,22,23)/t14-,18+/m0/s1. The highest BCUT2D eigenvalue weighted by Gasteiger charge is 2.25. The number of ether oxygens (including phenoxy) is 2. The van der Waals surface area contributed by atoms with Crippen LogP contribution in [-0.2, 0) is 14.3 Å². The Hall–Kier alpha value is -3.33. The van der Waals surface area contributed by atoms with Gasteiger partial charge >= 0.3 is 5.97 Å². The van der Waals surface area contributed by atoms with Crippen molar-refractivity contribution in [2.24, 2.45) is 0 Å². The number of rotatable bonds is 7. The van der Waals surface area contributed by atoms with E-state index in [1.165, 1.54) is 6.92 Å². The molecule has 6 nitrogen and oxygen atoms in total. The topological polar surface area (TPSA) is 88.4 Å². The van der Waals surface area contributed by atoms with Crippen LogP contribution in [-0.4, -0.2) is 24.1 Å².